The predicted octanol–water partition coefficient (Wildman–Crippen LogP) is 4.37. The lowest BCUT2D eigenvalue weighted by Gasteiger charge is -2.00. The highest BCUT2D eigenvalue weighted by Gasteiger charge is 2.03. The minimum Gasteiger partial charge on any atom is -0.458 e. The van der Waals surface area contributed by atoms with Gasteiger partial charge in [0.2, 0.25) is 0 Å². The summed E-state index contributed by atoms with van der Waals surface area (Å²) in [6.45, 7) is 2.48. The molecule has 0 unspecified atom stereocenters. The van der Waals surface area contributed by atoms with Crippen molar-refractivity contribution in [1.82, 2.24) is 0 Å². The average molecular weight is 270 g/mol. The first-order valence-corrected chi connectivity index (χ1v) is 7.17. The Balaban J connectivity index is 2.12. The molecule has 1 aromatic rings. The van der Waals surface area contributed by atoms with Crippen LogP contribution in [0, 0.1) is 11.8 Å². The van der Waals surface area contributed by atoms with Crippen LogP contribution in [0.1, 0.15) is 49.4 Å². The molecule has 2 heteroatoms. The number of hydrogen-bond donors (Lipinski definition) is 0. The van der Waals surface area contributed by atoms with Crippen molar-refractivity contribution in [2.75, 3.05) is 6.61 Å². The Hall–Kier alpha value is -2.01. The molecule has 0 amide bonds. The minimum absolute atomic E-state index is 0.291. The molecule has 0 saturated carbocycles. The first kappa shape index (κ1) is 16.0. The summed E-state index contributed by atoms with van der Waals surface area (Å²) < 4.78 is 5.11. The Morgan fingerprint density at radius 3 is 2.70 bits per heavy atom. The fourth-order valence-corrected chi connectivity index (χ4v) is 1.62. The Morgan fingerprint density at radius 1 is 1.15 bits per heavy atom. The van der Waals surface area contributed by atoms with Crippen LogP contribution in [-0.2, 0) is 4.74 Å². The highest BCUT2D eigenvalue weighted by Crippen LogP contribution is 2.01. The van der Waals surface area contributed by atoms with Crippen molar-refractivity contribution >= 4 is 5.97 Å². The number of esters is 1. The molecule has 0 aromatic heterocycles. The fourth-order valence-electron chi connectivity index (χ4n) is 1.62. The van der Waals surface area contributed by atoms with Crippen LogP contribution >= 0.6 is 0 Å². The van der Waals surface area contributed by atoms with Crippen LogP contribution in [0.25, 0.3) is 0 Å². The molecule has 0 saturated heterocycles. The van der Waals surface area contributed by atoms with E-state index in [1.165, 1.54) is 19.3 Å². The van der Waals surface area contributed by atoms with Gasteiger partial charge >= 0.3 is 5.97 Å². The Bertz CT molecular complexity index is 463. The number of allylic oxidation sites excluding steroid dienone is 1. The van der Waals surface area contributed by atoms with Crippen LogP contribution in [0.4, 0.5) is 0 Å². The van der Waals surface area contributed by atoms with Gasteiger partial charge in [-0.05, 0) is 18.6 Å². The molecule has 20 heavy (non-hydrogen) atoms. The van der Waals surface area contributed by atoms with Crippen LogP contribution in [0.2, 0.25) is 0 Å². The van der Waals surface area contributed by atoms with Crippen LogP contribution < -0.4 is 0 Å². The van der Waals surface area contributed by atoms with Gasteiger partial charge in [-0.2, -0.15) is 0 Å². The second-order valence-electron chi connectivity index (χ2n) is 4.45. The maximum absolute atomic E-state index is 11.6. The summed E-state index contributed by atoms with van der Waals surface area (Å²) in [5, 5.41) is 0. The molecule has 0 fully saturated rings. The van der Waals surface area contributed by atoms with Crippen molar-refractivity contribution in [2.24, 2.45) is 0 Å². The average Bonchev–Trinajstić information content (AvgIpc) is 2.50. The molecule has 0 heterocycles. The Morgan fingerprint density at radius 2 is 1.95 bits per heavy atom. The lowest BCUT2D eigenvalue weighted by Crippen LogP contribution is -2.04. The highest BCUT2D eigenvalue weighted by molar-refractivity contribution is 5.89. The standard InChI is InChI=1S/C18H22O2/c1-2-3-4-5-6-7-8-9-13-16-20-18(19)17-14-11-10-12-15-17/h9-15H,2-5,8,16H2,1H3. The lowest BCUT2D eigenvalue weighted by molar-refractivity contribution is 0.0549. The SMILES string of the molecule is CCCCCC#CCC=CCOC(=O)c1ccccc1. The molecule has 1 rings (SSSR count). The number of unbranched alkanes of at least 4 members (excludes halogenated alkanes) is 3. The highest BCUT2D eigenvalue weighted by atomic mass is 16.5. The van der Waals surface area contributed by atoms with Gasteiger partial charge in [0.1, 0.15) is 6.61 Å². The normalized spacial score (nSPS) is 10.1. The van der Waals surface area contributed by atoms with Crippen LogP contribution in [0.3, 0.4) is 0 Å². The third-order valence-corrected chi connectivity index (χ3v) is 2.74. The smallest absolute Gasteiger partial charge is 0.338 e. The summed E-state index contributed by atoms with van der Waals surface area (Å²) in [6, 6.07) is 9.00. The summed E-state index contributed by atoms with van der Waals surface area (Å²) in [7, 11) is 0. The van der Waals surface area contributed by atoms with Crippen molar-refractivity contribution in [3.05, 3.63) is 48.0 Å². The van der Waals surface area contributed by atoms with Gasteiger partial charge in [0, 0.05) is 12.8 Å². The Kier molecular flexibility index (Phi) is 8.72. The monoisotopic (exact) mass is 270 g/mol. The van der Waals surface area contributed by atoms with E-state index in [-0.39, 0.29) is 5.97 Å². The summed E-state index contributed by atoms with van der Waals surface area (Å²) in [6.07, 6.45) is 9.13. The molecule has 0 spiro atoms. The zero-order chi connectivity index (χ0) is 14.5. The van der Waals surface area contributed by atoms with Crippen molar-refractivity contribution < 1.29 is 9.53 Å². The third-order valence-electron chi connectivity index (χ3n) is 2.74. The fraction of sp³-hybridized carbons (Fsp3) is 0.389. The van der Waals surface area contributed by atoms with E-state index < -0.39 is 0 Å². The second-order valence-corrected chi connectivity index (χ2v) is 4.45. The molecule has 0 bridgehead atoms. The van der Waals surface area contributed by atoms with E-state index in [4.69, 9.17) is 4.74 Å². The van der Waals surface area contributed by atoms with Crippen molar-refractivity contribution in [3.8, 4) is 11.8 Å². The van der Waals surface area contributed by atoms with E-state index in [9.17, 15) is 4.79 Å². The maximum Gasteiger partial charge on any atom is 0.338 e. The van der Waals surface area contributed by atoms with Gasteiger partial charge in [0.05, 0.1) is 5.56 Å². The van der Waals surface area contributed by atoms with Gasteiger partial charge in [-0.15, -0.1) is 5.92 Å². The van der Waals surface area contributed by atoms with E-state index in [1.807, 2.05) is 30.4 Å². The zero-order valence-corrected chi connectivity index (χ0v) is 12.1. The Labute approximate surface area is 121 Å². The first-order valence-electron chi connectivity index (χ1n) is 7.17. The van der Waals surface area contributed by atoms with Crippen molar-refractivity contribution in [2.45, 2.75) is 39.0 Å². The number of benzene rings is 1. The summed E-state index contributed by atoms with van der Waals surface area (Å²) in [5.74, 6) is 5.93. The molecule has 106 valence electrons. The second kappa shape index (κ2) is 10.9. The van der Waals surface area contributed by atoms with E-state index in [2.05, 4.69) is 18.8 Å². The predicted molar refractivity (Wildman–Crippen MR) is 82.4 cm³/mol. The van der Waals surface area contributed by atoms with E-state index >= 15 is 0 Å². The molecule has 1 aromatic carbocycles. The minimum atomic E-state index is -0.291. The first-order chi connectivity index (χ1) is 9.84. The van der Waals surface area contributed by atoms with Gasteiger partial charge in [-0.3, -0.25) is 0 Å². The van der Waals surface area contributed by atoms with E-state index in [0.717, 1.165) is 12.8 Å². The van der Waals surface area contributed by atoms with Gasteiger partial charge in [-0.25, -0.2) is 4.79 Å². The molecule has 0 aliphatic rings. The van der Waals surface area contributed by atoms with Gasteiger partial charge in [-0.1, -0.05) is 56.0 Å². The van der Waals surface area contributed by atoms with Crippen molar-refractivity contribution in [3.63, 3.8) is 0 Å². The molecule has 2 nitrogen and oxygen atoms in total. The van der Waals surface area contributed by atoms with E-state index in [1.54, 1.807) is 12.1 Å². The zero-order valence-electron chi connectivity index (χ0n) is 12.1. The van der Waals surface area contributed by atoms with Gasteiger partial charge < -0.3 is 4.74 Å². The molecule has 0 aliphatic heterocycles. The topological polar surface area (TPSA) is 26.3 Å². The summed E-state index contributed by atoms with van der Waals surface area (Å²) >= 11 is 0. The molecule has 0 radical (unpaired) electrons. The number of rotatable bonds is 7. The largest absolute Gasteiger partial charge is 0.458 e. The number of carbonyl (C=O) groups is 1. The number of ether oxygens (including phenoxy) is 1. The molecule has 0 atom stereocenters. The van der Waals surface area contributed by atoms with Gasteiger partial charge in [0.15, 0.2) is 0 Å². The van der Waals surface area contributed by atoms with Crippen LogP contribution in [0.15, 0.2) is 42.5 Å². The van der Waals surface area contributed by atoms with Crippen LogP contribution in [0.5, 0.6) is 0 Å². The quantitative estimate of drug-likeness (QED) is 0.318. The van der Waals surface area contributed by atoms with Crippen molar-refractivity contribution in [1.29, 1.82) is 0 Å². The molecular weight excluding hydrogens is 248 g/mol. The lowest BCUT2D eigenvalue weighted by atomic mass is 10.2. The summed E-state index contributed by atoms with van der Waals surface area (Å²) in [4.78, 5) is 11.6. The van der Waals surface area contributed by atoms with Gasteiger partial charge in [0.25, 0.3) is 0 Å². The van der Waals surface area contributed by atoms with Crippen LogP contribution in [-0.4, -0.2) is 12.6 Å². The maximum atomic E-state index is 11.6. The van der Waals surface area contributed by atoms with E-state index in [0.29, 0.717) is 12.2 Å². The molecular formula is C18H22O2. The molecule has 0 aliphatic carbocycles. The number of hydrogen-bond acceptors (Lipinski definition) is 2. The third kappa shape index (κ3) is 7.43. The number of carbonyl (C=O) groups excluding carboxylic acids is 1. The molecule has 0 N–H and O–H groups in total. The summed E-state index contributed by atoms with van der Waals surface area (Å²) in [5.41, 5.74) is 0.580.